The normalized spacial score (nSPS) is 29.2. The van der Waals surface area contributed by atoms with E-state index in [-0.39, 0.29) is 6.04 Å². The Bertz CT molecular complexity index is 400. The number of hydrogen-bond donors (Lipinski definition) is 0. The molecule has 2 aliphatic rings. The van der Waals surface area contributed by atoms with Crippen molar-refractivity contribution in [3.8, 4) is 0 Å². The summed E-state index contributed by atoms with van der Waals surface area (Å²) in [5, 5.41) is 0. The molecule has 0 radical (unpaired) electrons. The standard InChI is InChI=1S/C12H22N2O3S/c1-18(16,17)14-9-7-13(8-10-14)11-5-3-2-4-6-12(11)15/h11H,2-10H2,1H3. The highest BCUT2D eigenvalue weighted by Gasteiger charge is 2.31. The Morgan fingerprint density at radius 2 is 1.72 bits per heavy atom. The minimum absolute atomic E-state index is 0.0363. The lowest BCUT2D eigenvalue weighted by atomic mass is 10.1. The highest BCUT2D eigenvalue weighted by atomic mass is 32.2. The van der Waals surface area contributed by atoms with Gasteiger partial charge in [-0.1, -0.05) is 12.8 Å². The lowest BCUT2D eigenvalue weighted by Gasteiger charge is -2.37. The molecule has 104 valence electrons. The fourth-order valence-corrected chi connectivity index (χ4v) is 3.70. The molecule has 0 amide bonds. The van der Waals surface area contributed by atoms with Crippen molar-refractivity contribution < 1.29 is 13.2 Å². The van der Waals surface area contributed by atoms with Gasteiger partial charge in [0, 0.05) is 32.6 Å². The molecule has 1 unspecified atom stereocenters. The molecule has 6 heteroatoms. The Hall–Kier alpha value is -0.460. The van der Waals surface area contributed by atoms with Crippen LogP contribution >= 0.6 is 0 Å². The van der Waals surface area contributed by atoms with Gasteiger partial charge in [0.1, 0.15) is 5.78 Å². The predicted octanol–water partition coefficient (Wildman–Crippen LogP) is 0.465. The van der Waals surface area contributed by atoms with Gasteiger partial charge < -0.3 is 0 Å². The number of ketones is 1. The molecule has 1 heterocycles. The van der Waals surface area contributed by atoms with Crippen molar-refractivity contribution >= 4 is 15.8 Å². The van der Waals surface area contributed by atoms with Gasteiger partial charge in [-0.3, -0.25) is 9.69 Å². The number of rotatable bonds is 2. The highest BCUT2D eigenvalue weighted by molar-refractivity contribution is 7.88. The van der Waals surface area contributed by atoms with Crippen LogP contribution in [0.25, 0.3) is 0 Å². The van der Waals surface area contributed by atoms with Crippen molar-refractivity contribution in [3.05, 3.63) is 0 Å². The molecule has 1 saturated carbocycles. The molecule has 0 spiro atoms. The van der Waals surface area contributed by atoms with Crippen LogP contribution in [-0.2, 0) is 14.8 Å². The van der Waals surface area contributed by atoms with Crippen LogP contribution in [-0.4, -0.2) is 61.9 Å². The van der Waals surface area contributed by atoms with E-state index in [0.717, 1.165) is 25.7 Å². The Morgan fingerprint density at radius 3 is 2.33 bits per heavy atom. The first kappa shape index (κ1) is 14.0. The van der Waals surface area contributed by atoms with Gasteiger partial charge >= 0.3 is 0 Å². The Kier molecular flexibility index (Phi) is 4.40. The van der Waals surface area contributed by atoms with E-state index in [1.54, 1.807) is 0 Å². The molecule has 0 aromatic heterocycles. The smallest absolute Gasteiger partial charge is 0.211 e. The number of piperazine rings is 1. The van der Waals surface area contributed by atoms with Crippen LogP contribution in [0.3, 0.4) is 0 Å². The average Bonchev–Trinajstić information content (AvgIpc) is 2.53. The van der Waals surface area contributed by atoms with Gasteiger partial charge in [0.2, 0.25) is 10.0 Å². The van der Waals surface area contributed by atoms with Crippen LogP contribution in [0.2, 0.25) is 0 Å². The molecule has 0 aromatic rings. The van der Waals surface area contributed by atoms with E-state index >= 15 is 0 Å². The Balaban J connectivity index is 1.94. The van der Waals surface area contributed by atoms with E-state index < -0.39 is 10.0 Å². The van der Waals surface area contributed by atoms with Crippen molar-refractivity contribution in [3.63, 3.8) is 0 Å². The molecule has 2 fully saturated rings. The minimum Gasteiger partial charge on any atom is -0.298 e. The van der Waals surface area contributed by atoms with Crippen LogP contribution in [0.5, 0.6) is 0 Å². The fraction of sp³-hybridized carbons (Fsp3) is 0.917. The Morgan fingerprint density at radius 1 is 1.06 bits per heavy atom. The molecular formula is C12H22N2O3S. The van der Waals surface area contributed by atoms with Crippen molar-refractivity contribution in [2.24, 2.45) is 0 Å². The molecule has 18 heavy (non-hydrogen) atoms. The summed E-state index contributed by atoms with van der Waals surface area (Å²) >= 11 is 0. The summed E-state index contributed by atoms with van der Waals surface area (Å²) in [6.07, 6.45) is 6.15. The van der Waals surface area contributed by atoms with Crippen LogP contribution in [0.4, 0.5) is 0 Å². The Labute approximate surface area is 109 Å². The van der Waals surface area contributed by atoms with E-state index in [1.807, 2.05) is 0 Å². The van der Waals surface area contributed by atoms with Crippen LogP contribution in [0.1, 0.15) is 32.1 Å². The van der Waals surface area contributed by atoms with E-state index in [9.17, 15) is 13.2 Å². The van der Waals surface area contributed by atoms with E-state index in [1.165, 1.54) is 10.6 Å². The third-order valence-corrected chi connectivity index (χ3v) is 5.26. The van der Waals surface area contributed by atoms with E-state index in [0.29, 0.717) is 38.4 Å². The minimum atomic E-state index is -3.08. The third kappa shape index (κ3) is 3.30. The number of nitrogens with zero attached hydrogens (tertiary/aromatic N) is 2. The van der Waals surface area contributed by atoms with E-state index in [4.69, 9.17) is 0 Å². The first-order valence-corrected chi connectivity index (χ1v) is 8.55. The van der Waals surface area contributed by atoms with Crippen LogP contribution < -0.4 is 0 Å². The second kappa shape index (κ2) is 5.67. The zero-order chi connectivity index (χ0) is 13.2. The quantitative estimate of drug-likeness (QED) is 0.687. The van der Waals surface area contributed by atoms with Crippen LogP contribution in [0, 0.1) is 0 Å². The van der Waals surface area contributed by atoms with Gasteiger partial charge in [-0.2, -0.15) is 4.31 Å². The summed E-state index contributed by atoms with van der Waals surface area (Å²) in [5.41, 5.74) is 0. The molecule has 1 aliphatic carbocycles. The van der Waals surface area contributed by atoms with Crippen molar-refractivity contribution in [1.29, 1.82) is 0 Å². The molecule has 0 N–H and O–H groups in total. The summed E-state index contributed by atoms with van der Waals surface area (Å²) in [7, 11) is -3.08. The zero-order valence-electron chi connectivity index (χ0n) is 11.0. The highest BCUT2D eigenvalue weighted by Crippen LogP contribution is 2.21. The summed E-state index contributed by atoms with van der Waals surface area (Å²) in [5.74, 6) is 0.348. The molecule has 2 rings (SSSR count). The summed E-state index contributed by atoms with van der Waals surface area (Å²) in [4.78, 5) is 14.2. The number of hydrogen-bond acceptors (Lipinski definition) is 4. The third-order valence-electron chi connectivity index (χ3n) is 3.96. The largest absolute Gasteiger partial charge is 0.298 e. The summed E-state index contributed by atoms with van der Waals surface area (Å²) in [6, 6.07) is 0.0363. The van der Waals surface area contributed by atoms with Gasteiger partial charge in [-0.15, -0.1) is 0 Å². The maximum absolute atomic E-state index is 12.0. The second-order valence-corrected chi connectivity index (χ2v) is 7.26. The molecule has 5 nitrogen and oxygen atoms in total. The van der Waals surface area contributed by atoms with Crippen molar-refractivity contribution in [1.82, 2.24) is 9.21 Å². The first-order chi connectivity index (χ1) is 8.48. The summed E-state index contributed by atoms with van der Waals surface area (Å²) in [6.45, 7) is 2.40. The number of sulfonamides is 1. The number of carbonyl (C=O) groups is 1. The maximum atomic E-state index is 12.0. The lowest BCUT2D eigenvalue weighted by molar-refractivity contribution is -0.124. The van der Waals surface area contributed by atoms with Gasteiger partial charge in [-0.05, 0) is 12.8 Å². The first-order valence-electron chi connectivity index (χ1n) is 6.70. The van der Waals surface area contributed by atoms with E-state index in [2.05, 4.69) is 4.90 Å². The average molecular weight is 274 g/mol. The van der Waals surface area contributed by atoms with Crippen molar-refractivity contribution in [2.75, 3.05) is 32.4 Å². The molecule has 1 atom stereocenters. The topological polar surface area (TPSA) is 57.7 Å². The number of carbonyl (C=O) groups excluding carboxylic acids is 1. The molecule has 1 saturated heterocycles. The molecule has 0 bridgehead atoms. The van der Waals surface area contributed by atoms with Gasteiger partial charge in [0.25, 0.3) is 0 Å². The van der Waals surface area contributed by atoms with Crippen LogP contribution in [0.15, 0.2) is 0 Å². The SMILES string of the molecule is CS(=O)(=O)N1CCN(C2CCCCCC2=O)CC1. The van der Waals surface area contributed by atoms with Crippen molar-refractivity contribution in [2.45, 2.75) is 38.1 Å². The summed E-state index contributed by atoms with van der Waals surface area (Å²) < 4.78 is 24.4. The van der Waals surface area contributed by atoms with Gasteiger partial charge in [0.15, 0.2) is 0 Å². The monoisotopic (exact) mass is 274 g/mol. The fourth-order valence-electron chi connectivity index (χ4n) is 2.87. The lowest BCUT2D eigenvalue weighted by Crippen LogP contribution is -2.53. The molecule has 0 aromatic carbocycles. The maximum Gasteiger partial charge on any atom is 0.211 e. The van der Waals surface area contributed by atoms with Gasteiger partial charge in [0.05, 0.1) is 12.3 Å². The molecular weight excluding hydrogens is 252 g/mol. The second-order valence-electron chi connectivity index (χ2n) is 5.28. The predicted molar refractivity (Wildman–Crippen MR) is 69.9 cm³/mol. The molecule has 1 aliphatic heterocycles. The zero-order valence-corrected chi connectivity index (χ0v) is 11.8. The number of Topliss-reactive ketones (excluding diaryl/α,β-unsaturated/α-hetero) is 1. The van der Waals surface area contributed by atoms with Gasteiger partial charge in [-0.25, -0.2) is 8.42 Å².